The number of nitrogens with zero attached hydrogens (tertiary/aromatic N) is 3. The van der Waals surface area contributed by atoms with Gasteiger partial charge < -0.3 is 10.6 Å². The summed E-state index contributed by atoms with van der Waals surface area (Å²) in [6.07, 6.45) is 1.63. The molecule has 96 valence electrons. The van der Waals surface area contributed by atoms with E-state index in [4.69, 9.17) is 11.0 Å². The first-order valence-electron chi connectivity index (χ1n) is 5.71. The number of aromatic nitrogens is 1. The Morgan fingerprint density at radius 2 is 2.21 bits per heavy atom. The van der Waals surface area contributed by atoms with Gasteiger partial charge in [0.15, 0.2) is 0 Å². The zero-order valence-electron chi connectivity index (χ0n) is 10.5. The SMILES string of the molecule is CN(Cc1cccc(C#N)c1)c1ncc(N)cc1Br. The van der Waals surface area contributed by atoms with Crippen molar-refractivity contribution in [3.8, 4) is 6.07 Å². The maximum atomic E-state index is 8.89. The van der Waals surface area contributed by atoms with Gasteiger partial charge in [0.2, 0.25) is 0 Å². The zero-order valence-corrected chi connectivity index (χ0v) is 12.1. The van der Waals surface area contributed by atoms with Gasteiger partial charge in [0.25, 0.3) is 0 Å². The molecule has 4 nitrogen and oxygen atoms in total. The Kier molecular flexibility index (Phi) is 4.03. The predicted octanol–water partition coefficient (Wildman–Crippen LogP) is 2.93. The van der Waals surface area contributed by atoms with Gasteiger partial charge in [-0.15, -0.1) is 0 Å². The summed E-state index contributed by atoms with van der Waals surface area (Å²) in [5.74, 6) is 0.816. The first-order chi connectivity index (χ1) is 9.10. The first kappa shape index (κ1) is 13.4. The summed E-state index contributed by atoms with van der Waals surface area (Å²) in [7, 11) is 1.95. The van der Waals surface area contributed by atoms with Crippen LogP contribution in [0.3, 0.4) is 0 Å². The van der Waals surface area contributed by atoms with Crippen molar-refractivity contribution < 1.29 is 0 Å². The van der Waals surface area contributed by atoms with Gasteiger partial charge in [-0.05, 0) is 39.7 Å². The lowest BCUT2D eigenvalue weighted by atomic mass is 10.1. The molecule has 19 heavy (non-hydrogen) atoms. The van der Waals surface area contributed by atoms with Gasteiger partial charge >= 0.3 is 0 Å². The second-order valence-corrected chi connectivity index (χ2v) is 5.10. The number of halogens is 1. The molecule has 0 bridgehead atoms. The number of rotatable bonds is 3. The van der Waals surface area contributed by atoms with E-state index in [0.29, 0.717) is 17.8 Å². The van der Waals surface area contributed by atoms with Crippen molar-refractivity contribution in [3.63, 3.8) is 0 Å². The molecule has 1 aromatic heterocycles. The molecule has 5 heteroatoms. The highest BCUT2D eigenvalue weighted by molar-refractivity contribution is 9.10. The molecule has 1 aromatic carbocycles. The van der Waals surface area contributed by atoms with Crippen LogP contribution in [0.2, 0.25) is 0 Å². The van der Waals surface area contributed by atoms with Gasteiger partial charge in [0.05, 0.1) is 28.0 Å². The summed E-state index contributed by atoms with van der Waals surface area (Å²) in [6.45, 7) is 0.672. The van der Waals surface area contributed by atoms with E-state index in [2.05, 4.69) is 27.0 Å². The Labute approximate surface area is 120 Å². The molecule has 0 saturated carbocycles. The van der Waals surface area contributed by atoms with Gasteiger partial charge in [-0.1, -0.05) is 12.1 Å². The number of nitrogens with two attached hydrogens (primary N) is 1. The fraction of sp³-hybridized carbons (Fsp3) is 0.143. The minimum Gasteiger partial charge on any atom is -0.397 e. The van der Waals surface area contributed by atoms with Gasteiger partial charge in [-0.25, -0.2) is 4.98 Å². The monoisotopic (exact) mass is 316 g/mol. The number of hydrogen-bond acceptors (Lipinski definition) is 4. The Hall–Kier alpha value is -2.06. The summed E-state index contributed by atoms with van der Waals surface area (Å²) < 4.78 is 0.853. The third-order valence-corrected chi connectivity index (χ3v) is 3.26. The standard InChI is InChI=1S/C14H13BrN4/c1-19(14-13(15)6-12(17)8-18-14)9-11-4-2-3-10(5-11)7-16/h2-6,8H,9,17H2,1H3. The second-order valence-electron chi connectivity index (χ2n) is 4.24. The van der Waals surface area contributed by atoms with Crippen molar-refractivity contribution in [3.05, 3.63) is 52.1 Å². The molecule has 0 saturated heterocycles. The molecule has 0 spiro atoms. The van der Waals surface area contributed by atoms with Crippen LogP contribution in [-0.4, -0.2) is 12.0 Å². The van der Waals surface area contributed by atoms with Crippen LogP contribution in [-0.2, 0) is 6.54 Å². The van der Waals surface area contributed by atoms with Crippen LogP contribution < -0.4 is 10.6 Å². The molecule has 0 aliphatic heterocycles. The van der Waals surface area contributed by atoms with Crippen molar-refractivity contribution in [1.82, 2.24) is 4.98 Å². The molecule has 2 N–H and O–H groups in total. The van der Waals surface area contributed by atoms with Crippen LogP contribution in [0.1, 0.15) is 11.1 Å². The molecule has 2 aromatic rings. The summed E-state index contributed by atoms with van der Waals surface area (Å²) >= 11 is 3.45. The smallest absolute Gasteiger partial charge is 0.143 e. The lowest BCUT2D eigenvalue weighted by molar-refractivity contribution is 0.894. The average molecular weight is 317 g/mol. The molecular formula is C14H13BrN4. The highest BCUT2D eigenvalue weighted by Crippen LogP contribution is 2.25. The zero-order chi connectivity index (χ0) is 13.8. The van der Waals surface area contributed by atoms with Gasteiger partial charge in [0.1, 0.15) is 5.82 Å². The summed E-state index contributed by atoms with van der Waals surface area (Å²) in [5, 5.41) is 8.89. The molecule has 1 heterocycles. The fourth-order valence-corrected chi connectivity index (χ4v) is 2.48. The van der Waals surface area contributed by atoms with Gasteiger partial charge in [0, 0.05) is 13.6 Å². The molecule has 0 aliphatic rings. The Bertz CT molecular complexity index is 634. The Morgan fingerprint density at radius 1 is 1.42 bits per heavy atom. The summed E-state index contributed by atoms with van der Waals surface area (Å²) in [6, 6.07) is 11.5. The molecule has 0 amide bonds. The van der Waals surface area contributed by atoms with Gasteiger partial charge in [-0.3, -0.25) is 0 Å². The number of nitriles is 1. The number of nitrogen functional groups attached to an aromatic ring is 1. The van der Waals surface area contributed by atoms with E-state index < -0.39 is 0 Å². The minimum absolute atomic E-state index is 0.621. The molecule has 0 unspecified atom stereocenters. The second kappa shape index (κ2) is 5.72. The van der Waals surface area contributed by atoms with Crippen molar-refractivity contribution in [2.75, 3.05) is 17.7 Å². The van der Waals surface area contributed by atoms with E-state index in [1.165, 1.54) is 0 Å². The third kappa shape index (κ3) is 3.24. The molecule has 2 rings (SSSR count). The molecule has 0 atom stereocenters. The van der Waals surface area contributed by atoms with Crippen molar-refractivity contribution in [1.29, 1.82) is 5.26 Å². The number of benzene rings is 1. The average Bonchev–Trinajstić information content (AvgIpc) is 2.38. The Morgan fingerprint density at radius 3 is 2.89 bits per heavy atom. The van der Waals surface area contributed by atoms with Crippen LogP contribution >= 0.6 is 15.9 Å². The number of hydrogen-bond donors (Lipinski definition) is 1. The number of anilines is 2. The third-order valence-electron chi connectivity index (χ3n) is 2.68. The van der Waals surface area contributed by atoms with Crippen LogP contribution in [0.4, 0.5) is 11.5 Å². The highest BCUT2D eigenvalue weighted by atomic mass is 79.9. The summed E-state index contributed by atoms with van der Waals surface area (Å²) in [5.41, 5.74) is 8.02. The van der Waals surface area contributed by atoms with Crippen LogP contribution in [0.15, 0.2) is 41.0 Å². The number of pyridine rings is 1. The first-order valence-corrected chi connectivity index (χ1v) is 6.50. The molecule has 0 aliphatic carbocycles. The van der Waals surface area contributed by atoms with E-state index >= 15 is 0 Å². The Balaban J connectivity index is 2.20. The van der Waals surface area contributed by atoms with Crippen LogP contribution in [0, 0.1) is 11.3 Å². The van der Waals surface area contributed by atoms with E-state index in [1.54, 1.807) is 12.3 Å². The summed E-state index contributed by atoms with van der Waals surface area (Å²) in [4.78, 5) is 6.31. The van der Waals surface area contributed by atoms with Crippen LogP contribution in [0.25, 0.3) is 0 Å². The topological polar surface area (TPSA) is 65.9 Å². The fourth-order valence-electron chi connectivity index (χ4n) is 1.81. The van der Waals surface area contributed by atoms with Crippen molar-refractivity contribution in [2.24, 2.45) is 0 Å². The van der Waals surface area contributed by atoms with E-state index in [9.17, 15) is 0 Å². The molecular weight excluding hydrogens is 304 g/mol. The lowest BCUT2D eigenvalue weighted by Gasteiger charge is -2.19. The molecule has 0 fully saturated rings. The van der Waals surface area contributed by atoms with Crippen molar-refractivity contribution in [2.45, 2.75) is 6.54 Å². The maximum absolute atomic E-state index is 8.89. The quantitative estimate of drug-likeness (QED) is 0.945. The van der Waals surface area contributed by atoms with Crippen LogP contribution in [0.5, 0.6) is 0 Å². The maximum Gasteiger partial charge on any atom is 0.143 e. The van der Waals surface area contributed by atoms with E-state index in [1.807, 2.05) is 36.2 Å². The van der Waals surface area contributed by atoms with E-state index in [-0.39, 0.29) is 0 Å². The molecule has 0 radical (unpaired) electrons. The largest absolute Gasteiger partial charge is 0.397 e. The van der Waals surface area contributed by atoms with Crippen molar-refractivity contribution >= 4 is 27.4 Å². The minimum atomic E-state index is 0.621. The predicted molar refractivity (Wildman–Crippen MR) is 79.6 cm³/mol. The van der Waals surface area contributed by atoms with Gasteiger partial charge in [-0.2, -0.15) is 5.26 Å². The normalized spacial score (nSPS) is 9.95. The van der Waals surface area contributed by atoms with E-state index in [0.717, 1.165) is 15.9 Å². The lowest BCUT2D eigenvalue weighted by Crippen LogP contribution is -2.18. The highest BCUT2D eigenvalue weighted by Gasteiger charge is 2.08.